The topological polar surface area (TPSA) is 0 Å². The molecule has 0 aromatic carbocycles. The highest BCUT2D eigenvalue weighted by molar-refractivity contribution is 9.09. The summed E-state index contributed by atoms with van der Waals surface area (Å²) >= 11 is 0. The van der Waals surface area contributed by atoms with Gasteiger partial charge in [0, 0.05) is 0 Å². The molecule has 5 heteroatoms. The van der Waals surface area contributed by atoms with Gasteiger partial charge in [-0.2, -0.15) is 0 Å². The van der Waals surface area contributed by atoms with Gasteiger partial charge in [-0.1, -0.05) is 43.2 Å². The lowest BCUT2D eigenvalue weighted by Gasteiger charge is -1.78. The number of rotatable bonds is 3. The molecule has 0 fully saturated rings. The van der Waals surface area contributed by atoms with Gasteiger partial charge in [0.05, 0.1) is 0 Å². The standard InChI is InChI=1S/C2H6S3.C2H6S2/c1-3-5-4-2;1-3-4-2/h1-2H3;1-2H3. The minimum atomic E-state index is 1.77. The summed E-state index contributed by atoms with van der Waals surface area (Å²) in [4.78, 5) is 0. The van der Waals surface area contributed by atoms with Crippen LogP contribution in [0.3, 0.4) is 0 Å². The van der Waals surface area contributed by atoms with Crippen molar-refractivity contribution in [1.82, 2.24) is 0 Å². The van der Waals surface area contributed by atoms with E-state index in [1.165, 1.54) is 0 Å². The molecule has 0 saturated heterocycles. The van der Waals surface area contributed by atoms with Gasteiger partial charge in [-0.3, -0.25) is 0 Å². The van der Waals surface area contributed by atoms with Crippen molar-refractivity contribution in [3.05, 3.63) is 0 Å². The molecule has 0 atom stereocenters. The highest BCUT2D eigenvalue weighted by atomic mass is 33.5. The van der Waals surface area contributed by atoms with E-state index in [1.54, 1.807) is 53.0 Å². The lowest BCUT2D eigenvalue weighted by atomic mass is 12.0. The molecule has 0 unspecified atom stereocenters. The Morgan fingerprint density at radius 2 is 0.889 bits per heavy atom. The van der Waals surface area contributed by atoms with Crippen LogP contribution in [0.1, 0.15) is 0 Å². The monoisotopic (exact) mass is 220 g/mol. The molecule has 0 aliphatic rings. The quantitative estimate of drug-likeness (QED) is 0.660. The van der Waals surface area contributed by atoms with Crippen molar-refractivity contribution in [3.63, 3.8) is 0 Å². The Morgan fingerprint density at radius 1 is 0.556 bits per heavy atom. The second-order valence-electron chi connectivity index (χ2n) is 0.735. The first-order valence-electron chi connectivity index (χ1n) is 2.13. The maximum atomic E-state index is 2.07. The maximum Gasteiger partial charge on any atom is -0.00709 e. The van der Waals surface area contributed by atoms with Gasteiger partial charge in [0.2, 0.25) is 0 Å². The van der Waals surface area contributed by atoms with Crippen LogP contribution in [0.15, 0.2) is 0 Å². The second-order valence-corrected chi connectivity index (χ2v) is 7.84. The molecular formula is C4H12S5. The predicted molar refractivity (Wildman–Crippen MR) is 61.7 cm³/mol. The van der Waals surface area contributed by atoms with Crippen LogP contribution in [0.2, 0.25) is 0 Å². The Balaban J connectivity index is 0. The van der Waals surface area contributed by atoms with Crippen molar-refractivity contribution in [2.75, 3.05) is 25.0 Å². The zero-order valence-corrected chi connectivity index (χ0v) is 10.1. The lowest BCUT2D eigenvalue weighted by molar-refractivity contribution is 2.51. The summed E-state index contributed by atoms with van der Waals surface area (Å²) in [7, 11) is 8.91. The molecule has 0 heterocycles. The smallest absolute Gasteiger partial charge is 0.00709 e. The van der Waals surface area contributed by atoms with Gasteiger partial charge in [0.15, 0.2) is 0 Å². The molecule has 0 bridgehead atoms. The van der Waals surface area contributed by atoms with Crippen LogP contribution >= 0.6 is 53.0 Å². The van der Waals surface area contributed by atoms with E-state index in [0.717, 1.165) is 0 Å². The fourth-order valence-electron chi connectivity index (χ4n) is 0.0680. The average Bonchev–Trinajstić information content (AvgIpc) is 1.91. The first kappa shape index (κ1) is 13.3. The minimum absolute atomic E-state index is 1.77. The maximum absolute atomic E-state index is 2.07. The summed E-state index contributed by atoms with van der Waals surface area (Å²) in [5, 5.41) is 0. The molecule has 9 heavy (non-hydrogen) atoms. The predicted octanol–water partition coefficient (Wildman–Crippen LogP) is 3.90. The highest BCUT2D eigenvalue weighted by Crippen LogP contribution is 2.28. The van der Waals surface area contributed by atoms with Gasteiger partial charge in [-0.25, -0.2) is 0 Å². The van der Waals surface area contributed by atoms with Crippen molar-refractivity contribution < 1.29 is 0 Å². The fraction of sp³-hybridized carbons (Fsp3) is 1.00. The summed E-state index contributed by atoms with van der Waals surface area (Å²) in [5.74, 6) is 0. The summed E-state index contributed by atoms with van der Waals surface area (Å²) in [6, 6.07) is 0. The van der Waals surface area contributed by atoms with Crippen LogP contribution in [0, 0.1) is 0 Å². The normalized spacial score (nSPS) is 8.00. The zero-order chi connectivity index (χ0) is 7.54. The van der Waals surface area contributed by atoms with Gasteiger partial charge < -0.3 is 0 Å². The van der Waals surface area contributed by atoms with Crippen LogP contribution < -0.4 is 0 Å². The van der Waals surface area contributed by atoms with Crippen molar-refractivity contribution in [1.29, 1.82) is 0 Å². The summed E-state index contributed by atoms with van der Waals surface area (Å²) in [6.07, 6.45) is 8.26. The van der Waals surface area contributed by atoms with E-state index in [0.29, 0.717) is 0 Å². The van der Waals surface area contributed by atoms with E-state index in [4.69, 9.17) is 0 Å². The van der Waals surface area contributed by atoms with E-state index >= 15 is 0 Å². The Morgan fingerprint density at radius 3 is 0.889 bits per heavy atom. The van der Waals surface area contributed by atoms with E-state index < -0.39 is 0 Å². The Labute approximate surface area is 77.7 Å². The molecular weight excluding hydrogens is 208 g/mol. The minimum Gasteiger partial charge on any atom is -0.0979 e. The molecule has 0 radical (unpaired) electrons. The molecule has 58 valence electrons. The van der Waals surface area contributed by atoms with Crippen molar-refractivity contribution in [2.45, 2.75) is 0 Å². The Kier molecular flexibility index (Phi) is 24.3. The first-order chi connectivity index (χ1) is 4.33. The summed E-state index contributed by atoms with van der Waals surface area (Å²) in [5.41, 5.74) is 0. The second kappa shape index (κ2) is 16.4. The van der Waals surface area contributed by atoms with Crippen LogP contribution in [-0.2, 0) is 0 Å². The van der Waals surface area contributed by atoms with E-state index in [-0.39, 0.29) is 0 Å². The largest absolute Gasteiger partial charge is 0.0979 e. The average molecular weight is 220 g/mol. The van der Waals surface area contributed by atoms with Crippen molar-refractivity contribution >= 4 is 53.0 Å². The fourth-order valence-corrected chi connectivity index (χ4v) is 1.84. The number of hydrogen-bond donors (Lipinski definition) is 0. The molecule has 0 amide bonds. The van der Waals surface area contributed by atoms with Crippen molar-refractivity contribution in [2.24, 2.45) is 0 Å². The van der Waals surface area contributed by atoms with Crippen molar-refractivity contribution in [3.8, 4) is 0 Å². The summed E-state index contributed by atoms with van der Waals surface area (Å²) < 4.78 is 0. The molecule has 0 rings (SSSR count). The van der Waals surface area contributed by atoms with Gasteiger partial charge in [-0.15, -0.1) is 0 Å². The van der Waals surface area contributed by atoms with Crippen LogP contribution in [-0.4, -0.2) is 25.0 Å². The van der Waals surface area contributed by atoms with E-state index in [2.05, 4.69) is 25.0 Å². The third kappa shape index (κ3) is 26.0. The van der Waals surface area contributed by atoms with Crippen LogP contribution in [0.5, 0.6) is 0 Å². The first-order valence-corrected chi connectivity index (χ1v) is 9.40. The SMILES string of the molecule is CSSC.CSSSC. The molecule has 0 N–H and O–H groups in total. The molecule has 0 saturated carbocycles. The third-order valence-corrected chi connectivity index (χ3v) is 5.17. The van der Waals surface area contributed by atoms with E-state index in [1.807, 2.05) is 0 Å². The third-order valence-electron chi connectivity index (χ3n) is 0.303. The molecule has 0 aromatic rings. The molecule has 0 nitrogen and oxygen atoms in total. The van der Waals surface area contributed by atoms with E-state index in [9.17, 15) is 0 Å². The summed E-state index contributed by atoms with van der Waals surface area (Å²) in [6.45, 7) is 0. The lowest BCUT2D eigenvalue weighted by Crippen LogP contribution is -1.30. The van der Waals surface area contributed by atoms with Gasteiger partial charge in [0.1, 0.15) is 0 Å². The molecule has 0 spiro atoms. The molecule has 0 aliphatic heterocycles. The van der Waals surface area contributed by atoms with Gasteiger partial charge >= 0.3 is 0 Å². The zero-order valence-electron chi connectivity index (χ0n) is 6.04. The molecule has 0 aromatic heterocycles. The highest BCUT2D eigenvalue weighted by Gasteiger charge is 1.68. The Bertz CT molecular complexity index is 28.1. The number of hydrogen-bond acceptors (Lipinski definition) is 5. The molecule has 0 aliphatic carbocycles. The Hall–Kier alpha value is 1.75. The van der Waals surface area contributed by atoms with Crippen LogP contribution in [0.4, 0.5) is 0 Å². The van der Waals surface area contributed by atoms with Gasteiger partial charge in [-0.05, 0) is 34.8 Å². The van der Waals surface area contributed by atoms with Gasteiger partial charge in [0.25, 0.3) is 0 Å². The van der Waals surface area contributed by atoms with Crippen LogP contribution in [0.25, 0.3) is 0 Å².